The maximum absolute atomic E-state index is 14.3. The fourth-order valence-electron chi connectivity index (χ4n) is 4.67. The van der Waals surface area contributed by atoms with Crippen LogP contribution in [0, 0.1) is 0 Å². The Balaban J connectivity index is 2.12. The number of halogens is 1. The van der Waals surface area contributed by atoms with Crippen molar-refractivity contribution in [3.05, 3.63) is 77.3 Å². The van der Waals surface area contributed by atoms with Crippen LogP contribution in [0.25, 0.3) is 0 Å². The molecule has 0 aliphatic heterocycles. The van der Waals surface area contributed by atoms with Gasteiger partial charge in [-0.3, -0.25) is 13.9 Å². The first-order valence-electron chi connectivity index (χ1n) is 14.6. The lowest BCUT2D eigenvalue weighted by atomic mass is 10.1. The van der Waals surface area contributed by atoms with E-state index in [9.17, 15) is 18.0 Å². The molecule has 2 amide bonds. The smallest absolute Gasteiger partial charge is 0.264 e. The van der Waals surface area contributed by atoms with E-state index in [-0.39, 0.29) is 28.8 Å². The van der Waals surface area contributed by atoms with Gasteiger partial charge in [-0.05, 0) is 88.2 Å². The van der Waals surface area contributed by atoms with Crippen molar-refractivity contribution < 1.29 is 32.2 Å². The highest BCUT2D eigenvalue weighted by atomic mass is 35.5. The Labute approximate surface area is 271 Å². The van der Waals surface area contributed by atoms with Crippen molar-refractivity contribution in [1.82, 2.24) is 10.2 Å². The van der Waals surface area contributed by atoms with E-state index in [1.807, 2.05) is 27.7 Å². The van der Waals surface area contributed by atoms with E-state index < -0.39 is 34.1 Å². The fraction of sp³-hybridized carbons (Fsp3) is 0.394. The summed E-state index contributed by atoms with van der Waals surface area (Å²) in [4.78, 5) is 29.1. The lowest BCUT2D eigenvalue weighted by Gasteiger charge is -2.34. The van der Waals surface area contributed by atoms with E-state index >= 15 is 0 Å². The van der Waals surface area contributed by atoms with Crippen LogP contribution in [0.2, 0.25) is 5.02 Å². The second kappa shape index (κ2) is 15.4. The van der Waals surface area contributed by atoms with Gasteiger partial charge in [0.2, 0.25) is 11.8 Å². The summed E-state index contributed by atoms with van der Waals surface area (Å²) in [6.07, 6.45) is 0.298. The molecule has 1 N–H and O–H groups in total. The van der Waals surface area contributed by atoms with Crippen molar-refractivity contribution in [3.63, 3.8) is 0 Å². The number of anilines is 1. The number of nitrogens with zero attached hydrogens (tertiary/aromatic N) is 2. The predicted molar refractivity (Wildman–Crippen MR) is 176 cm³/mol. The Morgan fingerprint density at radius 2 is 1.53 bits per heavy atom. The van der Waals surface area contributed by atoms with Crippen LogP contribution in [0.15, 0.2) is 71.6 Å². The zero-order valence-corrected chi connectivity index (χ0v) is 28.4. The van der Waals surface area contributed by atoms with E-state index in [1.165, 1.54) is 37.3 Å². The summed E-state index contributed by atoms with van der Waals surface area (Å²) in [6.45, 7) is 9.11. The van der Waals surface area contributed by atoms with Crippen molar-refractivity contribution in [2.24, 2.45) is 0 Å². The van der Waals surface area contributed by atoms with Gasteiger partial charge in [0.05, 0.1) is 31.4 Å². The van der Waals surface area contributed by atoms with E-state index in [2.05, 4.69) is 5.32 Å². The number of ether oxygens (including phenoxy) is 3. The molecule has 0 saturated heterocycles. The molecule has 0 aromatic heterocycles. The Morgan fingerprint density at radius 1 is 0.911 bits per heavy atom. The second-order valence-corrected chi connectivity index (χ2v) is 13.6. The van der Waals surface area contributed by atoms with E-state index in [0.717, 1.165) is 9.87 Å². The third kappa shape index (κ3) is 9.27. The summed E-state index contributed by atoms with van der Waals surface area (Å²) in [5, 5.41) is 3.48. The third-order valence-electron chi connectivity index (χ3n) is 6.81. The quantitative estimate of drug-likeness (QED) is 0.237. The monoisotopic (exact) mass is 659 g/mol. The average molecular weight is 660 g/mol. The van der Waals surface area contributed by atoms with Gasteiger partial charge in [-0.1, -0.05) is 30.7 Å². The molecule has 0 fully saturated rings. The minimum absolute atomic E-state index is 0.0552. The number of amides is 2. The Bertz CT molecular complexity index is 1560. The van der Waals surface area contributed by atoms with Gasteiger partial charge < -0.3 is 24.4 Å². The van der Waals surface area contributed by atoms with Crippen LogP contribution in [-0.2, 0) is 26.2 Å². The first-order valence-corrected chi connectivity index (χ1v) is 16.4. The number of benzene rings is 3. The van der Waals surface area contributed by atoms with Crippen molar-refractivity contribution in [3.8, 4) is 17.2 Å². The van der Waals surface area contributed by atoms with Crippen LogP contribution in [-0.4, -0.2) is 64.1 Å². The van der Waals surface area contributed by atoms with Crippen LogP contribution in [0.4, 0.5) is 5.69 Å². The Hall–Kier alpha value is -3.96. The maximum atomic E-state index is 14.3. The van der Waals surface area contributed by atoms with Crippen molar-refractivity contribution in [2.75, 3.05) is 31.7 Å². The van der Waals surface area contributed by atoms with Gasteiger partial charge in [-0.2, -0.15) is 0 Å². The van der Waals surface area contributed by atoms with Gasteiger partial charge in [0.1, 0.15) is 18.3 Å². The number of carbonyl (C=O) groups excluding carboxylic acids is 2. The molecule has 0 aliphatic rings. The molecular weight excluding hydrogens is 618 g/mol. The number of nitrogens with one attached hydrogen (secondary N) is 1. The Kier molecular flexibility index (Phi) is 12.1. The number of carbonyl (C=O) groups is 2. The minimum atomic E-state index is -4.33. The van der Waals surface area contributed by atoms with Gasteiger partial charge in [0, 0.05) is 23.2 Å². The van der Waals surface area contributed by atoms with Gasteiger partial charge in [-0.15, -0.1) is 0 Å². The molecule has 3 aromatic rings. The van der Waals surface area contributed by atoms with Crippen molar-refractivity contribution in [2.45, 2.75) is 64.1 Å². The summed E-state index contributed by atoms with van der Waals surface area (Å²) in [5.41, 5.74) is 0.412. The number of hydrogen-bond donors (Lipinski definition) is 1. The Morgan fingerprint density at radius 3 is 2.07 bits per heavy atom. The highest BCUT2D eigenvalue weighted by molar-refractivity contribution is 7.92. The molecule has 3 aromatic carbocycles. The summed E-state index contributed by atoms with van der Waals surface area (Å²) < 4.78 is 45.7. The molecule has 12 heteroatoms. The first kappa shape index (κ1) is 35.5. The molecular formula is C33H42ClN3O7S. The van der Waals surface area contributed by atoms with Crippen molar-refractivity contribution in [1.29, 1.82) is 0 Å². The molecule has 0 heterocycles. The maximum Gasteiger partial charge on any atom is 0.264 e. The molecule has 1 atom stereocenters. The molecule has 244 valence electrons. The number of rotatable bonds is 14. The lowest BCUT2D eigenvalue weighted by Crippen LogP contribution is -2.55. The zero-order chi connectivity index (χ0) is 33.4. The predicted octanol–water partition coefficient (Wildman–Crippen LogP) is 5.67. The van der Waals surface area contributed by atoms with Crippen LogP contribution in [0.1, 0.15) is 46.6 Å². The van der Waals surface area contributed by atoms with Gasteiger partial charge in [0.15, 0.2) is 11.5 Å². The molecule has 0 aliphatic carbocycles. The fourth-order valence-corrected chi connectivity index (χ4v) is 6.22. The molecule has 45 heavy (non-hydrogen) atoms. The minimum Gasteiger partial charge on any atom is -0.494 e. The SMILES string of the molecule is CCOc1ccc(N(CC(=O)N(Cc2ccc(Cl)cc2)[C@@H](CC)C(=O)NC(C)(C)C)S(=O)(=O)c2ccc(OC)c(OC)c2)cc1. The first-order chi connectivity index (χ1) is 21.2. The normalized spacial score (nSPS) is 12.2. The molecule has 10 nitrogen and oxygen atoms in total. The summed E-state index contributed by atoms with van der Waals surface area (Å²) in [5.74, 6) is 0.197. The van der Waals surface area contributed by atoms with Crippen LogP contribution >= 0.6 is 11.6 Å². The molecule has 3 rings (SSSR count). The highest BCUT2D eigenvalue weighted by Gasteiger charge is 2.35. The van der Waals surface area contributed by atoms with Gasteiger partial charge in [-0.25, -0.2) is 8.42 Å². The van der Waals surface area contributed by atoms with Crippen LogP contribution in [0.5, 0.6) is 17.2 Å². The lowest BCUT2D eigenvalue weighted by molar-refractivity contribution is -0.141. The van der Waals surface area contributed by atoms with E-state index in [4.69, 9.17) is 25.8 Å². The van der Waals surface area contributed by atoms with E-state index in [1.54, 1.807) is 55.5 Å². The average Bonchev–Trinajstić information content (AvgIpc) is 2.99. The third-order valence-corrected chi connectivity index (χ3v) is 8.83. The number of sulfonamides is 1. The topological polar surface area (TPSA) is 114 Å². The highest BCUT2D eigenvalue weighted by Crippen LogP contribution is 2.33. The summed E-state index contributed by atoms with van der Waals surface area (Å²) in [7, 11) is -1.48. The second-order valence-electron chi connectivity index (χ2n) is 11.3. The molecule has 0 bridgehead atoms. The molecule has 0 spiro atoms. The molecule has 0 unspecified atom stereocenters. The standard InChI is InChI=1S/C33H42ClN3O7S/c1-8-28(32(39)35-33(3,4)5)36(21-23-10-12-24(34)13-11-23)31(38)22-37(25-14-16-26(17-15-25)44-9-2)45(40,41)27-18-19-29(42-6)30(20-27)43-7/h10-20,28H,8-9,21-22H2,1-7H3,(H,35,39)/t28-/m0/s1. The van der Waals surface area contributed by atoms with Crippen molar-refractivity contribution >= 4 is 39.1 Å². The molecule has 0 radical (unpaired) electrons. The zero-order valence-electron chi connectivity index (χ0n) is 26.8. The van der Waals surface area contributed by atoms with Gasteiger partial charge in [0.25, 0.3) is 10.0 Å². The van der Waals surface area contributed by atoms with Crippen LogP contribution in [0.3, 0.4) is 0 Å². The summed E-state index contributed by atoms with van der Waals surface area (Å²) >= 11 is 6.10. The van der Waals surface area contributed by atoms with Gasteiger partial charge >= 0.3 is 0 Å². The summed E-state index contributed by atoms with van der Waals surface area (Å²) in [6, 6.07) is 16.7. The van der Waals surface area contributed by atoms with E-state index in [0.29, 0.717) is 29.5 Å². The number of methoxy groups -OCH3 is 2. The number of hydrogen-bond acceptors (Lipinski definition) is 7. The largest absolute Gasteiger partial charge is 0.494 e. The van der Waals surface area contributed by atoms with Crippen LogP contribution < -0.4 is 23.8 Å². The molecule has 0 saturated carbocycles.